The first-order valence-electron chi connectivity index (χ1n) is 8.76. The molecule has 138 valence electrons. The van der Waals surface area contributed by atoms with Gasteiger partial charge in [-0.05, 0) is 49.6 Å². The summed E-state index contributed by atoms with van der Waals surface area (Å²) in [5, 5.41) is 2.87. The van der Waals surface area contributed by atoms with E-state index >= 15 is 0 Å². The van der Waals surface area contributed by atoms with Gasteiger partial charge in [-0.2, -0.15) is 0 Å². The molecule has 1 aliphatic rings. The number of hydrogen-bond donors (Lipinski definition) is 2. The molecule has 27 heavy (non-hydrogen) atoms. The van der Waals surface area contributed by atoms with Crippen LogP contribution in [0.15, 0.2) is 50.5 Å². The normalized spacial score (nSPS) is 15.7. The number of aromatic nitrogens is 2. The lowest BCUT2D eigenvalue weighted by atomic mass is 9.96. The van der Waals surface area contributed by atoms with Crippen LogP contribution in [0, 0.1) is 6.92 Å². The number of amides is 1. The predicted octanol–water partition coefficient (Wildman–Crippen LogP) is 3.28. The molecule has 0 fully saturated rings. The van der Waals surface area contributed by atoms with Crippen molar-refractivity contribution in [3.05, 3.63) is 72.7 Å². The second kappa shape index (κ2) is 6.81. The second-order valence-corrected chi connectivity index (χ2v) is 7.82. The Bertz CT molecular complexity index is 1160. The first-order valence-corrected chi connectivity index (χ1v) is 9.55. The largest absolute Gasteiger partial charge is 0.326 e. The van der Waals surface area contributed by atoms with Crippen LogP contribution in [0.2, 0.25) is 0 Å². The van der Waals surface area contributed by atoms with E-state index in [1.54, 1.807) is 6.07 Å². The molecule has 0 radical (unpaired) electrons. The van der Waals surface area contributed by atoms with Gasteiger partial charge >= 0.3 is 11.1 Å². The number of aryl methyl sites for hydroxylation is 2. The summed E-state index contributed by atoms with van der Waals surface area (Å²) in [6.45, 7) is 1.98. The smallest absolute Gasteiger partial charge is 0.317 e. The molecule has 4 rings (SSSR count). The van der Waals surface area contributed by atoms with Crippen LogP contribution in [0.5, 0.6) is 0 Å². The molecule has 6 nitrogen and oxygen atoms in total. The van der Waals surface area contributed by atoms with Crippen molar-refractivity contribution in [2.45, 2.75) is 32.2 Å². The van der Waals surface area contributed by atoms with Gasteiger partial charge in [-0.3, -0.25) is 19.0 Å². The van der Waals surface area contributed by atoms with Gasteiger partial charge in [0.2, 0.25) is 5.91 Å². The molecule has 7 heteroatoms. The molecule has 1 atom stereocenters. The van der Waals surface area contributed by atoms with E-state index in [4.69, 9.17) is 0 Å². The van der Waals surface area contributed by atoms with Gasteiger partial charge in [0.25, 0.3) is 0 Å². The maximum atomic E-state index is 12.5. The van der Waals surface area contributed by atoms with Crippen LogP contribution in [0.1, 0.15) is 30.0 Å². The lowest BCUT2D eigenvalue weighted by Gasteiger charge is -2.27. The molecule has 1 amide bonds. The van der Waals surface area contributed by atoms with E-state index in [1.807, 2.05) is 37.3 Å². The van der Waals surface area contributed by atoms with Gasteiger partial charge in [-0.1, -0.05) is 33.6 Å². The van der Waals surface area contributed by atoms with Crippen LogP contribution < -0.4 is 16.4 Å². The van der Waals surface area contributed by atoms with E-state index in [0.717, 1.165) is 22.0 Å². The fraction of sp³-hybridized carbons (Fsp3) is 0.250. The molecule has 0 aliphatic carbocycles. The number of nitrogens with one attached hydrogen (secondary N) is 2. The minimum Gasteiger partial charge on any atom is -0.326 e. The summed E-state index contributed by atoms with van der Waals surface area (Å²) in [5.41, 5.74) is 2.85. The molecular formula is C20H18BrN3O3. The standard InChI is InChI=1S/C20H18BrN3O3/c1-11-2-5-14(6-3-11)22-17(25)10-15-7-4-12-8-13(21)9-16-18(12)24(15)20(27)19(26)23-16/h2-3,5-6,8-9,15H,4,7,10H2,1H3,(H,22,25)(H,23,26). The summed E-state index contributed by atoms with van der Waals surface area (Å²) in [7, 11) is 0. The summed E-state index contributed by atoms with van der Waals surface area (Å²) in [6.07, 6.45) is 1.51. The van der Waals surface area contributed by atoms with Gasteiger partial charge in [0.1, 0.15) is 0 Å². The van der Waals surface area contributed by atoms with Crippen LogP contribution in [-0.4, -0.2) is 15.5 Å². The van der Waals surface area contributed by atoms with Crippen molar-refractivity contribution < 1.29 is 4.79 Å². The van der Waals surface area contributed by atoms with Crippen LogP contribution >= 0.6 is 15.9 Å². The fourth-order valence-electron chi connectivity index (χ4n) is 3.67. The highest BCUT2D eigenvalue weighted by molar-refractivity contribution is 9.10. The number of carbonyl (C=O) groups excluding carboxylic acids is 1. The average molecular weight is 428 g/mol. The Kier molecular flexibility index (Phi) is 4.47. The van der Waals surface area contributed by atoms with E-state index in [1.165, 1.54) is 4.57 Å². The number of nitrogens with zero attached hydrogens (tertiary/aromatic N) is 1. The zero-order valence-corrected chi connectivity index (χ0v) is 16.3. The number of hydrogen-bond acceptors (Lipinski definition) is 3. The maximum Gasteiger partial charge on any atom is 0.317 e. The van der Waals surface area contributed by atoms with Crippen LogP contribution in [0.25, 0.3) is 11.0 Å². The summed E-state index contributed by atoms with van der Waals surface area (Å²) in [4.78, 5) is 39.8. The second-order valence-electron chi connectivity index (χ2n) is 6.90. The van der Waals surface area contributed by atoms with Gasteiger partial charge in [0, 0.05) is 22.6 Å². The Morgan fingerprint density at radius 3 is 2.74 bits per heavy atom. The molecule has 3 aromatic rings. The molecule has 2 heterocycles. The van der Waals surface area contributed by atoms with Crippen LogP contribution in [0.3, 0.4) is 0 Å². The van der Waals surface area contributed by atoms with Crippen molar-refractivity contribution in [3.63, 3.8) is 0 Å². The minimum atomic E-state index is -0.669. The van der Waals surface area contributed by atoms with Crippen LogP contribution in [0.4, 0.5) is 5.69 Å². The van der Waals surface area contributed by atoms with Crippen molar-refractivity contribution >= 4 is 38.6 Å². The molecule has 0 bridgehead atoms. The van der Waals surface area contributed by atoms with E-state index in [2.05, 4.69) is 26.2 Å². The highest BCUT2D eigenvalue weighted by Crippen LogP contribution is 2.32. The van der Waals surface area contributed by atoms with Crippen molar-refractivity contribution in [1.29, 1.82) is 0 Å². The van der Waals surface area contributed by atoms with Crippen molar-refractivity contribution in [1.82, 2.24) is 9.55 Å². The molecule has 0 saturated heterocycles. The molecule has 1 aromatic heterocycles. The SMILES string of the molecule is Cc1ccc(NC(=O)CC2CCc3cc(Br)cc4[nH]c(=O)c(=O)n2c34)cc1. The van der Waals surface area contributed by atoms with Crippen molar-refractivity contribution in [2.75, 3.05) is 5.32 Å². The number of anilines is 1. The molecule has 2 aromatic carbocycles. The summed E-state index contributed by atoms with van der Waals surface area (Å²) in [5.74, 6) is -0.176. The van der Waals surface area contributed by atoms with Crippen molar-refractivity contribution in [2.24, 2.45) is 0 Å². The first kappa shape index (κ1) is 17.7. The van der Waals surface area contributed by atoms with E-state index < -0.39 is 11.1 Å². The van der Waals surface area contributed by atoms with Gasteiger partial charge < -0.3 is 10.3 Å². The number of benzene rings is 2. The Hall–Kier alpha value is -2.67. The Morgan fingerprint density at radius 1 is 1.26 bits per heavy atom. The zero-order chi connectivity index (χ0) is 19.1. The topological polar surface area (TPSA) is 84.0 Å². The summed E-state index contributed by atoms with van der Waals surface area (Å²) >= 11 is 3.44. The number of carbonyl (C=O) groups is 1. The molecule has 1 unspecified atom stereocenters. The summed E-state index contributed by atoms with van der Waals surface area (Å²) in [6, 6.07) is 10.9. The monoisotopic (exact) mass is 427 g/mol. The lowest BCUT2D eigenvalue weighted by molar-refractivity contribution is -0.117. The quantitative estimate of drug-likeness (QED) is 0.629. The summed E-state index contributed by atoms with van der Waals surface area (Å²) < 4.78 is 2.34. The third-order valence-electron chi connectivity index (χ3n) is 4.92. The zero-order valence-electron chi connectivity index (χ0n) is 14.7. The molecular weight excluding hydrogens is 410 g/mol. The highest BCUT2D eigenvalue weighted by atomic mass is 79.9. The number of halogens is 1. The van der Waals surface area contributed by atoms with Gasteiger partial charge in [0.15, 0.2) is 0 Å². The van der Waals surface area contributed by atoms with E-state index in [-0.39, 0.29) is 18.4 Å². The number of rotatable bonds is 3. The fourth-order valence-corrected chi connectivity index (χ4v) is 4.17. The molecule has 1 aliphatic heterocycles. The van der Waals surface area contributed by atoms with Gasteiger partial charge in [-0.25, -0.2) is 0 Å². The number of H-pyrrole nitrogens is 1. The van der Waals surface area contributed by atoms with E-state index in [9.17, 15) is 14.4 Å². The Morgan fingerprint density at radius 2 is 2.00 bits per heavy atom. The highest BCUT2D eigenvalue weighted by Gasteiger charge is 2.26. The predicted molar refractivity (Wildman–Crippen MR) is 108 cm³/mol. The third-order valence-corrected chi connectivity index (χ3v) is 5.38. The molecule has 0 saturated carbocycles. The maximum absolute atomic E-state index is 12.5. The van der Waals surface area contributed by atoms with Gasteiger partial charge in [0.05, 0.1) is 11.0 Å². The first-order chi connectivity index (χ1) is 12.9. The molecule has 2 N–H and O–H groups in total. The van der Waals surface area contributed by atoms with E-state index in [0.29, 0.717) is 23.1 Å². The van der Waals surface area contributed by atoms with Crippen LogP contribution in [-0.2, 0) is 11.2 Å². The number of aromatic amines is 1. The van der Waals surface area contributed by atoms with Gasteiger partial charge in [-0.15, -0.1) is 0 Å². The van der Waals surface area contributed by atoms with Crippen molar-refractivity contribution in [3.8, 4) is 0 Å². The minimum absolute atomic E-state index is 0.141. The lowest BCUT2D eigenvalue weighted by Crippen LogP contribution is -2.41. The third kappa shape index (κ3) is 3.35. The average Bonchev–Trinajstić information content (AvgIpc) is 2.62. The molecule has 0 spiro atoms. The Balaban J connectivity index is 1.69. The Labute approximate surface area is 163 Å².